The van der Waals surface area contributed by atoms with Crippen molar-refractivity contribution in [1.29, 1.82) is 0 Å². The van der Waals surface area contributed by atoms with E-state index in [0.29, 0.717) is 42.7 Å². The van der Waals surface area contributed by atoms with E-state index in [1.54, 1.807) is 7.05 Å². The van der Waals surface area contributed by atoms with Crippen molar-refractivity contribution in [1.82, 2.24) is 24.6 Å². The Morgan fingerprint density at radius 2 is 1.94 bits per heavy atom. The standard InChI is InChI=1S/C19H20FN5O5S/c1-24-17(13-4-3-12(9-14(13)20)31(2,28)29)15-16(23-24)18(22-10-21-15)30-11-5-7-25(8-6-11)19(26)27/h3-4,9-11H,5-8H2,1-2H3,(H,26,27). The van der Waals surface area contributed by atoms with Gasteiger partial charge in [-0.1, -0.05) is 0 Å². The number of sulfone groups is 1. The summed E-state index contributed by atoms with van der Waals surface area (Å²) >= 11 is 0. The molecule has 0 unspecified atom stereocenters. The van der Waals surface area contributed by atoms with E-state index in [2.05, 4.69) is 15.1 Å². The lowest BCUT2D eigenvalue weighted by molar-refractivity contribution is 0.0878. The highest BCUT2D eigenvalue weighted by atomic mass is 32.2. The molecule has 12 heteroatoms. The second-order valence-electron chi connectivity index (χ2n) is 7.35. The summed E-state index contributed by atoms with van der Waals surface area (Å²) in [5.41, 5.74) is 1.21. The van der Waals surface area contributed by atoms with Crippen molar-refractivity contribution in [3.05, 3.63) is 30.3 Å². The summed E-state index contributed by atoms with van der Waals surface area (Å²) < 4.78 is 45.6. The van der Waals surface area contributed by atoms with Gasteiger partial charge >= 0.3 is 6.09 Å². The Bertz CT molecular complexity index is 1270. The summed E-state index contributed by atoms with van der Waals surface area (Å²) in [6.45, 7) is 0.721. The van der Waals surface area contributed by atoms with E-state index in [9.17, 15) is 17.6 Å². The second kappa shape index (κ2) is 7.76. The van der Waals surface area contributed by atoms with Crippen LogP contribution in [-0.2, 0) is 16.9 Å². The smallest absolute Gasteiger partial charge is 0.407 e. The highest BCUT2D eigenvalue weighted by molar-refractivity contribution is 7.90. The molecule has 0 radical (unpaired) electrons. The summed E-state index contributed by atoms with van der Waals surface area (Å²) in [6, 6.07) is 3.69. The number of benzene rings is 1. The summed E-state index contributed by atoms with van der Waals surface area (Å²) in [6.07, 6.45) is 2.14. The Morgan fingerprint density at radius 1 is 1.23 bits per heavy atom. The molecule has 1 aliphatic rings. The van der Waals surface area contributed by atoms with Crippen LogP contribution in [0.3, 0.4) is 0 Å². The fourth-order valence-corrected chi connectivity index (χ4v) is 4.24. The average molecular weight is 449 g/mol. The number of hydrogen-bond acceptors (Lipinski definition) is 7. The van der Waals surface area contributed by atoms with Gasteiger partial charge in [-0.3, -0.25) is 4.68 Å². The molecule has 3 aromatic rings. The van der Waals surface area contributed by atoms with Gasteiger partial charge in [0.25, 0.3) is 0 Å². The summed E-state index contributed by atoms with van der Waals surface area (Å²) in [7, 11) is -1.92. The fourth-order valence-electron chi connectivity index (χ4n) is 3.61. The third-order valence-corrected chi connectivity index (χ3v) is 6.31. The average Bonchev–Trinajstić information content (AvgIpc) is 3.04. The molecule has 1 N–H and O–H groups in total. The fraction of sp³-hybridized carbons (Fsp3) is 0.368. The molecule has 0 bridgehead atoms. The number of hydrogen-bond donors (Lipinski definition) is 1. The van der Waals surface area contributed by atoms with Crippen LogP contribution in [0.4, 0.5) is 9.18 Å². The Balaban J connectivity index is 1.68. The predicted octanol–water partition coefficient (Wildman–Crippen LogP) is 2.09. The second-order valence-corrected chi connectivity index (χ2v) is 9.36. The molecule has 0 saturated carbocycles. The van der Waals surface area contributed by atoms with E-state index in [4.69, 9.17) is 9.84 Å². The van der Waals surface area contributed by atoms with E-state index < -0.39 is 21.7 Å². The van der Waals surface area contributed by atoms with Crippen LogP contribution in [0.5, 0.6) is 5.88 Å². The number of halogens is 1. The zero-order valence-electron chi connectivity index (χ0n) is 16.8. The first-order valence-corrected chi connectivity index (χ1v) is 11.4. The summed E-state index contributed by atoms with van der Waals surface area (Å²) in [4.78, 5) is 20.7. The van der Waals surface area contributed by atoms with Crippen LogP contribution in [-0.4, -0.2) is 69.7 Å². The molecule has 164 valence electrons. The van der Waals surface area contributed by atoms with Crippen LogP contribution < -0.4 is 4.74 Å². The Labute approximate surface area is 177 Å². The number of carbonyl (C=O) groups is 1. The highest BCUT2D eigenvalue weighted by Crippen LogP contribution is 2.33. The lowest BCUT2D eigenvalue weighted by Gasteiger charge is -2.29. The van der Waals surface area contributed by atoms with Crippen molar-refractivity contribution in [3.8, 4) is 17.1 Å². The largest absolute Gasteiger partial charge is 0.473 e. The highest BCUT2D eigenvalue weighted by Gasteiger charge is 2.26. The lowest BCUT2D eigenvalue weighted by Crippen LogP contribution is -2.41. The van der Waals surface area contributed by atoms with Gasteiger partial charge in [-0.05, 0) is 18.2 Å². The van der Waals surface area contributed by atoms with Crippen LogP contribution in [0.1, 0.15) is 12.8 Å². The van der Waals surface area contributed by atoms with Gasteiger partial charge in [0.1, 0.15) is 23.8 Å². The molecule has 4 rings (SSSR count). The first-order valence-electron chi connectivity index (χ1n) is 9.47. The predicted molar refractivity (Wildman–Crippen MR) is 108 cm³/mol. The van der Waals surface area contributed by atoms with Gasteiger partial charge in [0.2, 0.25) is 5.88 Å². The van der Waals surface area contributed by atoms with Crippen molar-refractivity contribution >= 4 is 27.0 Å². The van der Waals surface area contributed by atoms with E-state index in [0.717, 1.165) is 12.3 Å². The number of likely N-dealkylation sites (tertiary alicyclic amines) is 1. The number of amides is 1. The molecule has 1 saturated heterocycles. The molecule has 1 amide bonds. The molecule has 1 aromatic carbocycles. The van der Waals surface area contributed by atoms with E-state index in [-0.39, 0.29) is 22.4 Å². The molecule has 2 aromatic heterocycles. The topological polar surface area (TPSA) is 128 Å². The SMILES string of the molecule is Cn1nc2c(OC3CCN(C(=O)O)CC3)ncnc2c1-c1ccc(S(C)(=O)=O)cc1F. The monoisotopic (exact) mass is 449 g/mol. The minimum Gasteiger partial charge on any atom is -0.473 e. The van der Waals surface area contributed by atoms with Crippen molar-refractivity contribution in [3.63, 3.8) is 0 Å². The maximum Gasteiger partial charge on any atom is 0.407 e. The minimum absolute atomic E-state index is 0.119. The van der Waals surface area contributed by atoms with Crippen LogP contribution in [0.15, 0.2) is 29.4 Å². The van der Waals surface area contributed by atoms with Gasteiger partial charge in [0, 0.05) is 44.8 Å². The molecule has 0 spiro atoms. The first-order chi connectivity index (χ1) is 14.6. The molecule has 10 nitrogen and oxygen atoms in total. The molecule has 0 atom stereocenters. The van der Waals surface area contributed by atoms with Gasteiger partial charge in [-0.25, -0.2) is 22.6 Å². The third kappa shape index (κ3) is 4.02. The molecule has 1 aliphatic heterocycles. The number of aryl methyl sites for hydroxylation is 1. The van der Waals surface area contributed by atoms with Crippen LogP contribution in [0.2, 0.25) is 0 Å². The number of fused-ring (bicyclic) bond motifs is 1. The van der Waals surface area contributed by atoms with Gasteiger partial charge in [-0.2, -0.15) is 10.1 Å². The van der Waals surface area contributed by atoms with Crippen molar-refractivity contribution in [2.75, 3.05) is 19.3 Å². The molecule has 3 heterocycles. The molecular weight excluding hydrogens is 429 g/mol. The number of aromatic nitrogens is 4. The first kappa shape index (κ1) is 21.0. The van der Waals surface area contributed by atoms with Crippen LogP contribution in [0, 0.1) is 5.82 Å². The number of carboxylic acid groups (broad SMARTS) is 1. The van der Waals surface area contributed by atoms with Gasteiger partial charge in [0.15, 0.2) is 15.4 Å². The van der Waals surface area contributed by atoms with Crippen molar-refractivity contribution < 1.29 is 27.4 Å². The van der Waals surface area contributed by atoms with Crippen molar-refractivity contribution in [2.24, 2.45) is 7.05 Å². The quantitative estimate of drug-likeness (QED) is 0.641. The Morgan fingerprint density at radius 3 is 2.55 bits per heavy atom. The zero-order valence-corrected chi connectivity index (χ0v) is 17.6. The Kier molecular flexibility index (Phi) is 5.25. The van der Waals surface area contributed by atoms with E-state index in [1.165, 1.54) is 28.0 Å². The summed E-state index contributed by atoms with van der Waals surface area (Å²) in [5.74, 6) is -0.483. The van der Waals surface area contributed by atoms with E-state index in [1.807, 2.05) is 0 Å². The number of rotatable bonds is 4. The molecule has 0 aliphatic carbocycles. The minimum atomic E-state index is -3.54. The number of ether oxygens (including phenoxy) is 1. The maximum atomic E-state index is 14.8. The zero-order chi connectivity index (χ0) is 22.3. The summed E-state index contributed by atoms with van der Waals surface area (Å²) in [5, 5.41) is 13.5. The van der Waals surface area contributed by atoms with Gasteiger partial charge in [0.05, 0.1) is 10.6 Å². The number of piperidine rings is 1. The molecule has 31 heavy (non-hydrogen) atoms. The van der Waals surface area contributed by atoms with E-state index >= 15 is 0 Å². The lowest BCUT2D eigenvalue weighted by atomic mass is 10.1. The van der Waals surface area contributed by atoms with Gasteiger partial charge in [-0.15, -0.1) is 0 Å². The van der Waals surface area contributed by atoms with Crippen LogP contribution >= 0.6 is 0 Å². The van der Waals surface area contributed by atoms with Crippen molar-refractivity contribution in [2.45, 2.75) is 23.8 Å². The molecular formula is C19H20FN5O5S. The number of nitrogens with zero attached hydrogens (tertiary/aromatic N) is 5. The maximum absolute atomic E-state index is 14.8. The third-order valence-electron chi connectivity index (χ3n) is 5.20. The normalized spacial score (nSPS) is 15.4. The molecule has 1 fully saturated rings. The Hall–Kier alpha value is -3.28. The van der Waals surface area contributed by atoms with Crippen LogP contribution in [0.25, 0.3) is 22.3 Å². The van der Waals surface area contributed by atoms with Gasteiger partial charge < -0.3 is 14.7 Å².